The number of rotatable bonds is 3. The summed E-state index contributed by atoms with van der Waals surface area (Å²) in [6, 6.07) is 36.6. The molecule has 0 spiro atoms. The molecule has 1 aromatic heterocycles. The predicted octanol–water partition coefficient (Wildman–Crippen LogP) is 7.83. The average Bonchev–Trinajstić information content (AvgIpc) is 2.89. The van der Waals surface area contributed by atoms with E-state index in [2.05, 4.69) is 36.4 Å². The summed E-state index contributed by atoms with van der Waals surface area (Å²) in [4.78, 5) is 14.7. The summed E-state index contributed by atoms with van der Waals surface area (Å²) in [5.41, 5.74) is 2.82. The second kappa shape index (κ2) is 8.12. The van der Waals surface area contributed by atoms with Crippen LogP contribution < -0.4 is 0 Å². The van der Waals surface area contributed by atoms with E-state index in [4.69, 9.17) is 26.6 Å². The van der Waals surface area contributed by atoms with Crippen LogP contribution in [0, 0.1) is 0 Å². The molecule has 0 unspecified atom stereocenters. The molecule has 0 saturated carbocycles. The largest absolute Gasteiger partial charge is 0.208 e. The minimum Gasteiger partial charge on any atom is -0.208 e. The highest BCUT2D eigenvalue weighted by Crippen LogP contribution is 2.33. The van der Waals surface area contributed by atoms with Gasteiger partial charge in [0.25, 0.3) is 0 Å². The third-order valence-corrected chi connectivity index (χ3v) is 6.12. The number of hydrogen-bond donors (Lipinski definition) is 0. The molecular weight excluding hydrogens is 426 g/mol. The quantitative estimate of drug-likeness (QED) is 0.279. The summed E-state index contributed by atoms with van der Waals surface area (Å²) in [7, 11) is 0. The van der Waals surface area contributed by atoms with Crippen molar-refractivity contribution >= 4 is 33.1 Å². The van der Waals surface area contributed by atoms with Crippen molar-refractivity contribution in [3.63, 3.8) is 0 Å². The van der Waals surface area contributed by atoms with Gasteiger partial charge in [0.15, 0.2) is 17.5 Å². The van der Waals surface area contributed by atoms with Gasteiger partial charge in [-0.3, -0.25) is 0 Å². The van der Waals surface area contributed by atoms with Crippen molar-refractivity contribution in [3.05, 3.63) is 114 Å². The Morgan fingerprint density at radius 2 is 1.09 bits per heavy atom. The second-order valence-corrected chi connectivity index (χ2v) is 8.28. The monoisotopic (exact) mass is 443 g/mol. The van der Waals surface area contributed by atoms with Crippen LogP contribution in [0.25, 0.3) is 55.7 Å². The van der Waals surface area contributed by atoms with Crippen LogP contribution >= 0.6 is 11.6 Å². The molecule has 1 heterocycles. The predicted molar refractivity (Wildman–Crippen MR) is 136 cm³/mol. The van der Waals surface area contributed by atoms with Gasteiger partial charge in [-0.1, -0.05) is 103 Å². The maximum atomic E-state index is 6.47. The van der Waals surface area contributed by atoms with Gasteiger partial charge in [-0.25, -0.2) is 15.0 Å². The number of hydrogen-bond acceptors (Lipinski definition) is 3. The summed E-state index contributed by atoms with van der Waals surface area (Å²) in [5.74, 6) is 1.91. The maximum Gasteiger partial charge on any atom is 0.164 e. The van der Waals surface area contributed by atoms with Crippen LogP contribution in [-0.4, -0.2) is 15.0 Å². The zero-order valence-electron chi connectivity index (χ0n) is 17.6. The number of fused-ring (bicyclic) bond motifs is 2. The first-order valence-corrected chi connectivity index (χ1v) is 11.1. The maximum absolute atomic E-state index is 6.47. The zero-order chi connectivity index (χ0) is 22.2. The van der Waals surface area contributed by atoms with Gasteiger partial charge in [-0.05, 0) is 34.4 Å². The molecule has 4 heteroatoms. The molecule has 5 aromatic carbocycles. The van der Waals surface area contributed by atoms with Crippen molar-refractivity contribution in [1.29, 1.82) is 0 Å². The van der Waals surface area contributed by atoms with Crippen molar-refractivity contribution in [1.82, 2.24) is 15.0 Å². The third-order valence-electron chi connectivity index (χ3n) is 5.79. The summed E-state index contributed by atoms with van der Waals surface area (Å²) >= 11 is 6.47. The van der Waals surface area contributed by atoms with Gasteiger partial charge in [0, 0.05) is 27.1 Å². The van der Waals surface area contributed by atoms with Crippen molar-refractivity contribution in [2.45, 2.75) is 0 Å². The van der Waals surface area contributed by atoms with Crippen molar-refractivity contribution in [2.75, 3.05) is 0 Å². The lowest BCUT2D eigenvalue weighted by atomic mass is 10.0. The molecule has 0 aliphatic carbocycles. The average molecular weight is 444 g/mol. The van der Waals surface area contributed by atoms with Gasteiger partial charge in [-0.2, -0.15) is 0 Å². The van der Waals surface area contributed by atoms with Crippen molar-refractivity contribution in [2.24, 2.45) is 0 Å². The molecule has 0 aliphatic rings. The van der Waals surface area contributed by atoms with E-state index in [-0.39, 0.29) is 0 Å². The minimum absolute atomic E-state index is 0.625. The van der Waals surface area contributed by atoms with Gasteiger partial charge in [-0.15, -0.1) is 0 Å². The van der Waals surface area contributed by atoms with Gasteiger partial charge < -0.3 is 0 Å². The number of nitrogens with zero attached hydrogens (tertiary/aromatic N) is 3. The first-order valence-electron chi connectivity index (χ1n) is 10.7. The van der Waals surface area contributed by atoms with Gasteiger partial charge >= 0.3 is 0 Å². The Morgan fingerprint density at radius 1 is 0.455 bits per heavy atom. The molecule has 0 radical (unpaired) electrons. The first kappa shape index (κ1) is 19.6. The van der Waals surface area contributed by atoms with Crippen molar-refractivity contribution < 1.29 is 0 Å². The fourth-order valence-corrected chi connectivity index (χ4v) is 4.36. The molecule has 0 atom stereocenters. The van der Waals surface area contributed by atoms with Gasteiger partial charge in [0.2, 0.25) is 0 Å². The van der Waals surface area contributed by atoms with Crippen LogP contribution in [0.1, 0.15) is 0 Å². The molecule has 0 N–H and O–H groups in total. The Labute approximate surface area is 196 Å². The van der Waals surface area contributed by atoms with E-state index in [1.54, 1.807) is 0 Å². The van der Waals surface area contributed by atoms with E-state index < -0.39 is 0 Å². The van der Waals surface area contributed by atoms with E-state index in [0.717, 1.165) is 32.8 Å². The Morgan fingerprint density at radius 3 is 1.91 bits per heavy atom. The fraction of sp³-hybridized carbons (Fsp3) is 0. The first-order chi connectivity index (χ1) is 16.3. The fourth-order valence-electron chi connectivity index (χ4n) is 4.13. The number of halogens is 1. The highest BCUT2D eigenvalue weighted by atomic mass is 35.5. The highest BCUT2D eigenvalue weighted by molar-refractivity contribution is 6.36. The van der Waals surface area contributed by atoms with E-state index >= 15 is 0 Å². The summed E-state index contributed by atoms with van der Waals surface area (Å²) in [6.45, 7) is 0. The highest BCUT2D eigenvalue weighted by Gasteiger charge is 2.15. The normalized spacial score (nSPS) is 11.2. The molecule has 0 amide bonds. The van der Waals surface area contributed by atoms with Crippen LogP contribution in [0.5, 0.6) is 0 Å². The minimum atomic E-state index is 0.625. The lowest BCUT2D eigenvalue weighted by Crippen LogP contribution is -2.00. The molecule has 0 aliphatic heterocycles. The number of aromatic nitrogens is 3. The molecule has 6 aromatic rings. The Hall–Kier alpha value is -4.08. The van der Waals surface area contributed by atoms with Crippen LogP contribution in [0.4, 0.5) is 0 Å². The molecule has 0 fully saturated rings. The van der Waals surface area contributed by atoms with Gasteiger partial charge in [0.1, 0.15) is 0 Å². The van der Waals surface area contributed by atoms with E-state index in [9.17, 15) is 0 Å². The summed E-state index contributed by atoms with van der Waals surface area (Å²) in [6.07, 6.45) is 0. The topological polar surface area (TPSA) is 38.7 Å². The van der Waals surface area contributed by atoms with Crippen LogP contribution in [0.3, 0.4) is 0 Å². The van der Waals surface area contributed by atoms with E-state index in [1.807, 2.05) is 72.8 Å². The Kier molecular flexibility index (Phi) is 4.82. The molecule has 3 nitrogen and oxygen atoms in total. The lowest BCUT2D eigenvalue weighted by molar-refractivity contribution is 1.08. The molecule has 0 saturated heterocycles. The Balaban J connectivity index is 1.61. The Bertz CT molecular complexity index is 1630. The molecule has 0 bridgehead atoms. The van der Waals surface area contributed by atoms with E-state index in [1.165, 1.54) is 5.39 Å². The van der Waals surface area contributed by atoms with E-state index in [0.29, 0.717) is 22.5 Å². The lowest BCUT2D eigenvalue weighted by Gasteiger charge is -2.11. The standard InChI is InChI=1S/C29H18ClN3/c30-26-17-16-25(23-12-6-7-13-24(23)26)29-32-27(20-9-2-1-3-10-20)31-28(33-29)22-15-14-19-8-4-5-11-21(19)18-22/h1-18H. The molecule has 156 valence electrons. The summed E-state index contributed by atoms with van der Waals surface area (Å²) < 4.78 is 0. The van der Waals surface area contributed by atoms with Crippen molar-refractivity contribution in [3.8, 4) is 34.2 Å². The smallest absolute Gasteiger partial charge is 0.164 e. The molecular formula is C29H18ClN3. The van der Waals surface area contributed by atoms with Crippen LogP contribution in [0.2, 0.25) is 5.02 Å². The van der Waals surface area contributed by atoms with Gasteiger partial charge in [0.05, 0.1) is 0 Å². The second-order valence-electron chi connectivity index (χ2n) is 7.87. The zero-order valence-corrected chi connectivity index (χ0v) is 18.4. The molecule has 6 rings (SSSR count). The molecule has 33 heavy (non-hydrogen) atoms. The van der Waals surface area contributed by atoms with Crippen LogP contribution in [-0.2, 0) is 0 Å². The third kappa shape index (κ3) is 3.63. The van der Waals surface area contributed by atoms with Crippen LogP contribution in [0.15, 0.2) is 109 Å². The number of benzene rings is 5. The summed E-state index contributed by atoms with van der Waals surface area (Å²) in [5, 5.41) is 5.03. The SMILES string of the molecule is Clc1ccc(-c2nc(-c3ccccc3)nc(-c3ccc4ccccc4c3)n2)c2ccccc12.